The highest BCUT2D eigenvalue weighted by atomic mass is 19.3. The zero-order chi connectivity index (χ0) is 38.4. The van der Waals surface area contributed by atoms with Crippen LogP contribution in [0.3, 0.4) is 0 Å². The third-order valence-corrected chi connectivity index (χ3v) is 9.60. The monoisotopic (exact) mass is 704 g/mol. The lowest BCUT2D eigenvalue weighted by atomic mass is 9.80. The molecule has 0 aromatic heterocycles. The molecule has 1 heterocycles. The minimum atomic E-state index is -2.94. The molecule has 0 radical (unpaired) electrons. The maximum Gasteiger partial charge on any atom is 0.253 e. The molecule has 3 rings (SSSR count). The van der Waals surface area contributed by atoms with Crippen LogP contribution in [-0.2, 0) is 4.79 Å². The van der Waals surface area contributed by atoms with Gasteiger partial charge in [-0.2, -0.15) is 5.26 Å². The highest BCUT2D eigenvalue weighted by Gasteiger charge is 2.47. The zero-order valence-electron chi connectivity index (χ0n) is 32.6. The van der Waals surface area contributed by atoms with E-state index in [1.165, 1.54) is 26.8 Å². The molecule has 278 valence electrons. The van der Waals surface area contributed by atoms with Crippen LogP contribution in [0.5, 0.6) is 0 Å². The predicted octanol–water partition coefficient (Wildman–Crippen LogP) is 11.0. The molecular formula is C43H59F3N4O. The molecule has 1 aromatic rings. The molecule has 1 aromatic carbocycles. The number of nitrogens with zero attached hydrogens (tertiary/aromatic N) is 4. The molecule has 0 bridgehead atoms. The fourth-order valence-electron chi connectivity index (χ4n) is 6.66. The van der Waals surface area contributed by atoms with Crippen LogP contribution >= 0.6 is 0 Å². The van der Waals surface area contributed by atoms with Gasteiger partial charge in [0.2, 0.25) is 5.91 Å². The van der Waals surface area contributed by atoms with E-state index in [-0.39, 0.29) is 30.6 Å². The molecule has 1 amide bonds. The van der Waals surface area contributed by atoms with E-state index < -0.39 is 11.3 Å². The van der Waals surface area contributed by atoms with Crippen molar-refractivity contribution in [3.05, 3.63) is 93.7 Å². The highest BCUT2D eigenvalue weighted by Crippen LogP contribution is 2.42. The standard InChI is InChI=1S/C41H53F3N4O.C2H6/c1-9-34(35-17-13-14-18-36(35)42)39(37(46-11-3)19-15-12-16-32-24-29(4)20-21-33(25-32)27-45)31(6)48-23-22-47(28-30(48)5)38(49)26-40(7,8)41(43,44)10-2;1-2/h9,13-14,17-18,20-21,25,30H,10-12,15-16,19,22-23,26,28H2,1-8H3;1-2H3/b34-9-,39-31+,46-37?;/t30-;/m0./s1. The second kappa shape index (κ2) is 20.1. The van der Waals surface area contributed by atoms with Gasteiger partial charge in [0.15, 0.2) is 0 Å². The van der Waals surface area contributed by atoms with E-state index in [4.69, 9.17) is 4.99 Å². The highest BCUT2D eigenvalue weighted by molar-refractivity contribution is 6.13. The molecule has 0 unspecified atom stereocenters. The summed E-state index contributed by atoms with van der Waals surface area (Å²) in [7, 11) is 0. The Balaban J connectivity index is 0.00000442. The number of carbonyl (C=O) groups is 1. The number of halogens is 3. The van der Waals surface area contributed by atoms with Crippen LogP contribution < -0.4 is 0 Å². The first-order valence-electron chi connectivity index (χ1n) is 18.5. The molecule has 1 fully saturated rings. The number of amides is 1. The van der Waals surface area contributed by atoms with E-state index >= 15 is 4.39 Å². The van der Waals surface area contributed by atoms with Gasteiger partial charge in [0.25, 0.3) is 5.92 Å². The molecule has 2 aliphatic rings. The van der Waals surface area contributed by atoms with Crippen LogP contribution in [0.15, 0.2) is 87.3 Å². The Labute approximate surface area is 305 Å². The lowest BCUT2D eigenvalue weighted by molar-refractivity contribution is -0.149. The molecule has 1 atom stereocenters. The summed E-state index contributed by atoms with van der Waals surface area (Å²) in [6.07, 6.45) is 10.1. The quantitative estimate of drug-likeness (QED) is 0.0838. The molecule has 0 spiro atoms. The lowest BCUT2D eigenvalue weighted by Crippen LogP contribution is -2.54. The fraction of sp³-hybridized carbons (Fsp3) is 0.535. The summed E-state index contributed by atoms with van der Waals surface area (Å²) >= 11 is 0. The third-order valence-electron chi connectivity index (χ3n) is 9.60. The van der Waals surface area contributed by atoms with Crippen LogP contribution in [0.25, 0.3) is 5.57 Å². The number of rotatable bonds is 14. The van der Waals surface area contributed by atoms with Crippen molar-refractivity contribution in [2.75, 3.05) is 26.2 Å². The van der Waals surface area contributed by atoms with Gasteiger partial charge in [-0.1, -0.05) is 65.0 Å². The second-order valence-corrected chi connectivity index (χ2v) is 13.6. The smallest absolute Gasteiger partial charge is 0.253 e. The van der Waals surface area contributed by atoms with E-state index in [2.05, 4.69) is 16.7 Å². The SMILES string of the molecule is C/C=C(\C(C(CCCCC1=C=C(C)C=CC(C#N)=C1)=NCC)=C(\C)N1CCN(C(=O)CC(C)(C)C(F)(F)CC)C[C@@H]1C)c1ccccc1F.CC. The number of piperazine rings is 1. The van der Waals surface area contributed by atoms with Crippen molar-refractivity contribution in [2.24, 2.45) is 10.4 Å². The minimum absolute atomic E-state index is 0.101. The van der Waals surface area contributed by atoms with Crippen LogP contribution in [0.4, 0.5) is 13.2 Å². The van der Waals surface area contributed by atoms with Crippen LogP contribution in [0.2, 0.25) is 0 Å². The molecule has 1 aliphatic carbocycles. The number of benzene rings is 1. The van der Waals surface area contributed by atoms with Crippen LogP contribution in [0.1, 0.15) is 113 Å². The first-order valence-corrected chi connectivity index (χ1v) is 18.5. The van der Waals surface area contributed by atoms with E-state index in [1.54, 1.807) is 17.0 Å². The van der Waals surface area contributed by atoms with E-state index in [0.717, 1.165) is 53.0 Å². The molecule has 51 heavy (non-hydrogen) atoms. The maximum atomic E-state index is 15.4. The van der Waals surface area contributed by atoms with Gasteiger partial charge >= 0.3 is 0 Å². The summed E-state index contributed by atoms with van der Waals surface area (Å²) in [6.45, 7) is 20.2. The Bertz CT molecular complexity index is 1630. The molecule has 0 N–H and O–H groups in total. The van der Waals surface area contributed by atoms with Crippen molar-refractivity contribution >= 4 is 17.2 Å². The second-order valence-electron chi connectivity index (χ2n) is 13.6. The number of unbranched alkanes of at least 4 members (excludes halogenated alkanes) is 1. The summed E-state index contributed by atoms with van der Waals surface area (Å²) in [5.41, 5.74) is 8.49. The molecule has 1 aliphatic heterocycles. The van der Waals surface area contributed by atoms with Gasteiger partial charge in [0.05, 0.1) is 11.6 Å². The van der Waals surface area contributed by atoms with Gasteiger partial charge < -0.3 is 9.80 Å². The first kappa shape index (κ1) is 43.1. The minimum Gasteiger partial charge on any atom is -0.368 e. The third kappa shape index (κ3) is 11.5. The van der Waals surface area contributed by atoms with Gasteiger partial charge in [0, 0.05) is 73.0 Å². The van der Waals surface area contributed by atoms with E-state index in [1.807, 2.05) is 78.8 Å². The van der Waals surface area contributed by atoms with Gasteiger partial charge in [-0.15, -0.1) is 5.73 Å². The predicted molar refractivity (Wildman–Crippen MR) is 206 cm³/mol. The van der Waals surface area contributed by atoms with Gasteiger partial charge in [-0.25, -0.2) is 13.2 Å². The molecule has 1 saturated heterocycles. The Morgan fingerprint density at radius 1 is 1.14 bits per heavy atom. The van der Waals surface area contributed by atoms with Crippen molar-refractivity contribution in [1.82, 2.24) is 9.80 Å². The van der Waals surface area contributed by atoms with Gasteiger partial charge in [0.1, 0.15) is 5.82 Å². The first-order chi connectivity index (χ1) is 24.2. The van der Waals surface area contributed by atoms with Gasteiger partial charge in [-0.05, 0) is 95.2 Å². The van der Waals surface area contributed by atoms with Crippen molar-refractivity contribution in [3.63, 3.8) is 0 Å². The van der Waals surface area contributed by atoms with Crippen molar-refractivity contribution < 1.29 is 18.0 Å². The van der Waals surface area contributed by atoms with Crippen LogP contribution in [-0.4, -0.2) is 59.6 Å². The van der Waals surface area contributed by atoms with E-state index in [0.29, 0.717) is 43.7 Å². The molecular weight excluding hydrogens is 645 g/mol. The van der Waals surface area contributed by atoms with Crippen molar-refractivity contribution in [1.29, 1.82) is 5.26 Å². The Morgan fingerprint density at radius 3 is 2.41 bits per heavy atom. The lowest BCUT2D eigenvalue weighted by Gasteiger charge is -2.44. The number of aliphatic imine (C=N–C) groups is 1. The average molecular weight is 705 g/mol. The van der Waals surface area contributed by atoms with E-state index in [9.17, 15) is 18.8 Å². The summed E-state index contributed by atoms with van der Waals surface area (Å²) in [5, 5.41) is 9.45. The Hall–Kier alpha value is -4.08. The van der Waals surface area contributed by atoms with Crippen molar-refractivity contribution in [3.8, 4) is 6.07 Å². The normalized spacial score (nSPS) is 17.7. The summed E-state index contributed by atoms with van der Waals surface area (Å²) in [4.78, 5) is 22.2. The Morgan fingerprint density at radius 2 is 1.82 bits per heavy atom. The zero-order valence-corrected chi connectivity index (χ0v) is 32.6. The molecule has 0 saturated carbocycles. The molecule has 5 nitrogen and oxygen atoms in total. The maximum absolute atomic E-state index is 15.4. The fourth-order valence-corrected chi connectivity index (χ4v) is 6.66. The topological polar surface area (TPSA) is 59.7 Å². The summed E-state index contributed by atoms with van der Waals surface area (Å²) < 4.78 is 44.6. The summed E-state index contributed by atoms with van der Waals surface area (Å²) in [6, 6.07) is 8.89. The van der Waals surface area contributed by atoms with Crippen molar-refractivity contribution in [2.45, 2.75) is 120 Å². The largest absolute Gasteiger partial charge is 0.368 e. The Kier molecular flexibility index (Phi) is 17.0. The average Bonchev–Trinajstić information content (AvgIpc) is 3.29. The number of allylic oxidation sites excluding steroid dienone is 9. The van der Waals surface area contributed by atoms with Crippen LogP contribution in [0, 0.1) is 22.6 Å². The number of hydrogen-bond acceptors (Lipinski definition) is 4. The molecule has 8 heteroatoms. The van der Waals surface area contributed by atoms with Gasteiger partial charge in [-0.3, -0.25) is 9.79 Å². The summed E-state index contributed by atoms with van der Waals surface area (Å²) in [5.74, 6) is -3.52. The number of alkyl halides is 2. The number of hydrogen-bond donors (Lipinski definition) is 0. The number of carbonyl (C=O) groups excluding carboxylic acids is 1. The number of nitriles is 1.